The number of fused-ring (bicyclic) bond motifs is 3. The quantitative estimate of drug-likeness (QED) is 0.132. The summed E-state index contributed by atoms with van der Waals surface area (Å²) < 4.78 is 21.8. The van der Waals surface area contributed by atoms with Gasteiger partial charge in [-0.15, -0.1) is 0 Å². The van der Waals surface area contributed by atoms with E-state index in [9.17, 15) is 4.39 Å². The molecule has 0 saturated carbocycles. The fraction of sp³-hybridized carbons (Fsp3) is 0.0182. The molecule has 10 rings (SSSR count). The van der Waals surface area contributed by atoms with Crippen LogP contribution in [0.2, 0.25) is 0 Å². The van der Waals surface area contributed by atoms with Gasteiger partial charge in [-0.05, 0) is 37.3 Å². The molecule has 1 aromatic heterocycles. The third kappa shape index (κ3) is 6.54. The van der Waals surface area contributed by atoms with Gasteiger partial charge >= 0.3 is 251 Å². The average molecular weight is 822 g/mol. The van der Waals surface area contributed by atoms with Crippen molar-refractivity contribution in [1.29, 1.82) is 0 Å². The summed E-state index contributed by atoms with van der Waals surface area (Å²) in [5.74, 6) is -0.243. The molecule has 59 heavy (non-hydrogen) atoms. The Morgan fingerprint density at radius 1 is 0.390 bits per heavy atom. The van der Waals surface area contributed by atoms with Crippen LogP contribution in [0.1, 0.15) is 5.56 Å². The van der Waals surface area contributed by atoms with Crippen LogP contribution in [0, 0.1) is 12.7 Å². The Morgan fingerprint density at radius 3 is 1.39 bits per heavy atom. The first-order chi connectivity index (χ1) is 29.1. The molecule has 9 aromatic carbocycles. The molecule has 0 atom stereocenters. The second kappa shape index (κ2) is 15.4. The molecule has 0 saturated heterocycles. The maximum atomic E-state index is 14.0. The van der Waals surface area contributed by atoms with Gasteiger partial charge in [0.05, 0.1) is 11.0 Å². The number of nitrogens with zero attached hydrogens (tertiary/aromatic N) is 2. The maximum absolute atomic E-state index is 14.0. The molecule has 0 aliphatic rings. The standard InChI is InChI=1S/C55H41FGeN2/c1-40-21-31-48(32-22-40)58(51-37-38-55-53(39-51)52-19-11-12-20-54(52)59(55)50-35-27-43(56)28-36-50)49-33-25-42(26-34-49)41-23-29-47(30-24-41)57(44-13-5-2-6-14-44,45-15-7-3-8-16-45)46-17-9-4-10-18-46/h2-39H,1H3. The Balaban J connectivity index is 1.05. The monoisotopic (exact) mass is 822 g/mol. The van der Waals surface area contributed by atoms with E-state index in [-0.39, 0.29) is 5.82 Å². The van der Waals surface area contributed by atoms with Gasteiger partial charge < -0.3 is 4.57 Å². The van der Waals surface area contributed by atoms with Crippen molar-refractivity contribution in [2.45, 2.75) is 6.92 Å². The molecular weight excluding hydrogens is 780 g/mol. The Kier molecular flexibility index (Phi) is 9.52. The van der Waals surface area contributed by atoms with Gasteiger partial charge in [-0.1, -0.05) is 23.8 Å². The van der Waals surface area contributed by atoms with Crippen LogP contribution in [-0.2, 0) is 0 Å². The van der Waals surface area contributed by atoms with Crippen LogP contribution in [-0.4, -0.2) is 17.8 Å². The number of rotatable bonds is 9. The van der Waals surface area contributed by atoms with E-state index in [1.54, 1.807) is 0 Å². The van der Waals surface area contributed by atoms with E-state index >= 15 is 0 Å². The predicted molar refractivity (Wildman–Crippen MR) is 249 cm³/mol. The first-order valence-corrected chi connectivity index (χ1v) is 24.3. The summed E-state index contributed by atoms with van der Waals surface area (Å²) in [5.41, 5.74) is 9.86. The molecule has 0 bridgehead atoms. The number of benzene rings is 9. The van der Waals surface area contributed by atoms with Crippen LogP contribution in [0.5, 0.6) is 0 Å². The van der Waals surface area contributed by atoms with E-state index < -0.39 is 13.3 Å². The summed E-state index contributed by atoms with van der Waals surface area (Å²) in [7, 11) is 0. The number of aromatic nitrogens is 1. The van der Waals surface area contributed by atoms with E-state index in [4.69, 9.17) is 0 Å². The van der Waals surface area contributed by atoms with Gasteiger partial charge in [-0.2, -0.15) is 0 Å². The number of aryl methyl sites for hydroxylation is 1. The van der Waals surface area contributed by atoms with Gasteiger partial charge in [-0.3, -0.25) is 0 Å². The van der Waals surface area contributed by atoms with Crippen LogP contribution >= 0.6 is 0 Å². The first-order valence-electron chi connectivity index (χ1n) is 20.1. The molecule has 0 radical (unpaired) electrons. The van der Waals surface area contributed by atoms with Gasteiger partial charge in [0, 0.05) is 11.1 Å². The fourth-order valence-corrected chi connectivity index (χ4v) is 18.8. The minimum atomic E-state index is -3.35. The van der Waals surface area contributed by atoms with Crippen molar-refractivity contribution in [1.82, 2.24) is 4.57 Å². The van der Waals surface area contributed by atoms with Crippen molar-refractivity contribution < 1.29 is 4.39 Å². The molecule has 0 N–H and O–H groups in total. The number of halogens is 1. The predicted octanol–water partition coefficient (Wildman–Crippen LogP) is 11.7. The Morgan fingerprint density at radius 2 is 0.831 bits per heavy atom. The molecule has 0 aliphatic heterocycles. The van der Waals surface area contributed by atoms with Crippen molar-refractivity contribution in [3.63, 3.8) is 0 Å². The zero-order valence-corrected chi connectivity index (χ0v) is 34.8. The summed E-state index contributed by atoms with van der Waals surface area (Å²) in [6, 6.07) is 82.3. The van der Waals surface area contributed by atoms with E-state index in [1.807, 2.05) is 12.1 Å². The summed E-state index contributed by atoms with van der Waals surface area (Å²) in [4.78, 5) is 2.33. The molecule has 0 aliphatic carbocycles. The van der Waals surface area contributed by atoms with E-state index in [0.717, 1.165) is 44.6 Å². The first kappa shape index (κ1) is 36.4. The molecule has 4 heteroatoms. The SMILES string of the molecule is Cc1ccc(N(c2ccc(-c3cc[c]([Ge]([c]4ccccc4)([c]4ccccc4)[c]4ccccc4)cc3)cc2)c2ccc3c(c2)c2ccccc2n3-c2ccc(F)cc2)cc1. The second-order valence-corrected chi connectivity index (χ2v) is 23.2. The van der Waals surface area contributed by atoms with Crippen LogP contribution in [0.4, 0.5) is 21.5 Å². The number of hydrogen-bond acceptors (Lipinski definition) is 1. The van der Waals surface area contributed by atoms with Crippen LogP contribution < -0.4 is 22.5 Å². The molecule has 0 fully saturated rings. The zero-order valence-electron chi connectivity index (χ0n) is 32.7. The van der Waals surface area contributed by atoms with Gasteiger partial charge in [0.1, 0.15) is 5.82 Å². The third-order valence-electron chi connectivity index (χ3n) is 11.7. The van der Waals surface area contributed by atoms with Crippen molar-refractivity contribution in [2.24, 2.45) is 0 Å². The number of para-hydroxylation sites is 1. The molecule has 2 nitrogen and oxygen atoms in total. The van der Waals surface area contributed by atoms with Gasteiger partial charge in [0.15, 0.2) is 0 Å². The van der Waals surface area contributed by atoms with Gasteiger partial charge in [0.2, 0.25) is 0 Å². The van der Waals surface area contributed by atoms with Gasteiger partial charge in [0.25, 0.3) is 0 Å². The fourth-order valence-electron chi connectivity index (χ4n) is 8.89. The molecule has 1 heterocycles. The number of hydrogen-bond donors (Lipinski definition) is 0. The summed E-state index contributed by atoms with van der Waals surface area (Å²) >= 11 is -3.35. The average Bonchev–Trinajstić information content (AvgIpc) is 3.63. The number of anilines is 3. The third-order valence-corrected chi connectivity index (χ3v) is 21.8. The second-order valence-electron chi connectivity index (χ2n) is 15.2. The van der Waals surface area contributed by atoms with Gasteiger partial charge in [-0.25, -0.2) is 4.39 Å². The molecule has 10 aromatic rings. The van der Waals surface area contributed by atoms with Crippen molar-refractivity contribution in [3.05, 3.63) is 242 Å². The summed E-state index contributed by atoms with van der Waals surface area (Å²) in [5, 5.41) is 2.29. The van der Waals surface area contributed by atoms with Crippen molar-refractivity contribution in [3.8, 4) is 16.8 Å². The Labute approximate surface area is 347 Å². The molecule has 282 valence electrons. The van der Waals surface area contributed by atoms with E-state index in [1.165, 1.54) is 46.4 Å². The molecule has 0 unspecified atom stereocenters. The molecular formula is C55H41FGeN2. The van der Waals surface area contributed by atoms with E-state index in [2.05, 4.69) is 223 Å². The van der Waals surface area contributed by atoms with E-state index in [0.29, 0.717) is 0 Å². The summed E-state index contributed by atoms with van der Waals surface area (Å²) in [6.07, 6.45) is 0. The Bertz CT molecular complexity index is 2920. The normalized spacial score (nSPS) is 11.6. The van der Waals surface area contributed by atoms with Crippen LogP contribution in [0.3, 0.4) is 0 Å². The topological polar surface area (TPSA) is 8.17 Å². The van der Waals surface area contributed by atoms with Crippen LogP contribution in [0.15, 0.2) is 231 Å². The zero-order chi connectivity index (χ0) is 39.8. The molecule has 0 amide bonds. The van der Waals surface area contributed by atoms with Crippen molar-refractivity contribution >= 4 is 69.7 Å². The van der Waals surface area contributed by atoms with Crippen LogP contribution in [0.25, 0.3) is 38.6 Å². The minimum absolute atomic E-state index is 0.243. The van der Waals surface area contributed by atoms with Crippen molar-refractivity contribution in [2.75, 3.05) is 4.90 Å². The molecule has 0 spiro atoms. The Hall–Kier alpha value is -6.95. The summed E-state index contributed by atoms with van der Waals surface area (Å²) in [6.45, 7) is 2.12.